The van der Waals surface area contributed by atoms with Gasteiger partial charge in [0.1, 0.15) is 30.6 Å². The van der Waals surface area contributed by atoms with Gasteiger partial charge in [-0.3, -0.25) is 14.4 Å². The number of Topliss-reactive ketones (excluding diaryl/α,β-unsaturated/α-hetero) is 2. The highest BCUT2D eigenvalue weighted by molar-refractivity contribution is 6.39. The second-order valence-corrected chi connectivity index (χ2v) is 19.3. The van der Waals surface area contributed by atoms with Gasteiger partial charge in [0.2, 0.25) is 5.79 Å². The Morgan fingerprint density at radius 3 is 2.30 bits per heavy atom. The predicted molar refractivity (Wildman–Crippen MR) is 236 cm³/mol. The summed E-state index contributed by atoms with van der Waals surface area (Å²) in [7, 11) is 3.05. The van der Waals surface area contributed by atoms with Crippen LogP contribution in [-0.2, 0) is 52.4 Å². The maximum atomic E-state index is 14.4. The van der Waals surface area contributed by atoms with E-state index in [1.54, 1.807) is 19.9 Å². The summed E-state index contributed by atoms with van der Waals surface area (Å²) in [6, 6.07) is -1.15. The molecule has 14 nitrogen and oxygen atoms in total. The molecule has 1 amide bonds. The molecule has 11 atom stereocenters. The lowest BCUT2D eigenvalue weighted by atomic mass is 9.82. The third-order valence-corrected chi connectivity index (χ3v) is 13.5. The number of fused-ring (bicyclic) bond motifs is 3. The number of ether oxygens (including phenoxy) is 6. The number of aliphatic hydroxyl groups excluding tert-OH is 1. The van der Waals surface area contributed by atoms with Gasteiger partial charge in [-0.15, -0.1) is 6.58 Å². The number of carbonyl (C=O) groups excluding carboxylic acids is 5. The Balaban J connectivity index is 1.68. The molecule has 3 aliphatic heterocycles. The third kappa shape index (κ3) is 14.1. The zero-order chi connectivity index (χ0) is 46.6. The van der Waals surface area contributed by atoms with E-state index < -0.39 is 77.8 Å². The van der Waals surface area contributed by atoms with Gasteiger partial charge in [-0.1, -0.05) is 58.4 Å². The molecular weight excluding hydrogens is 811 g/mol. The highest BCUT2D eigenvalue weighted by Crippen LogP contribution is 2.39. The maximum absolute atomic E-state index is 14.4. The van der Waals surface area contributed by atoms with Crippen LogP contribution in [0.1, 0.15) is 126 Å². The highest BCUT2D eigenvalue weighted by Gasteiger charge is 2.56. The quantitative estimate of drug-likeness (QED) is 0.135. The first-order valence-corrected chi connectivity index (χ1v) is 23.3. The van der Waals surface area contributed by atoms with Gasteiger partial charge < -0.3 is 43.5 Å². The average molecular weight is 888 g/mol. The largest absolute Gasteiger partial charge is 0.464 e. The van der Waals surface area contributed by atoms with Crippen LogP contribution in [0.4, 0.5) is 0 Å². The predicted octanol–water partition coefficient (Wildman–Crippen LogP) is 6.24. The number of carbonyl (C=O) groups is 5. The minimum atomic E-state index is -2.52. The average Bonchev–Trinajstić information content (AvgIpc) is 3.25. The first-order valence-electron chi connectivity index (χ1n) is 23.3. The van der Waals surface area contributed by atoms with Crippen molar-refractivity contribution in [2.45, 2.75) is 174 Å². The van der Waals surface area contributed by atoms with Gasteiger partial charge in [-0.05, 0) is 108 Å². The summed E-state index contributed by atoms with van der Waals surface area (Å²) in [5.74, 6) is -7.83. The Bertz CT molecular complexity index is 1630. The van der Waals surface area contributed by atoms with Crippen molar-refractivity contribution in [3.63, 3.8) is 0 Å². The van der Waals surface area contributed by atoms with E-state index in [-0.39, 0.29) is 68.0 Å². The van der Waals surface area contributed by atoms with E-state index in [9.17, 15) is 34.2 Å². The fourth-order valence-corrected chi connectivity index (χ4v) is 9.79. The van der Waals surface area contributed by atoms with Crippen LogP contribution in [0.2, 0.25) is 0 Å². The van der Waals surface area contributed by atoms with Crippen molar-refractivity contribution in [3.05, 3.63) is 36.0 Å². The van der Waals surface area contributed by atoms with Crippen molar-refractivity contribution in [2.75, 3.05) is 34.0 Å². The zero-order valence-electron chi connectivity index (χ0n) is 39.4. The smallest absolute Gasteiger partial charge is 0.332 e. The molecule has 4 rings (SSSR count). The van der Waals surface area contributed by atoms with Gasteiger partial charge in [-0.25, -0.2) is 9.59 Å². The first kappa shape index (κ1) is 52.4. The van der Waals surface area contributed by atoms with Gasteiger partial charge in [0.05, 0.1) is 31.0 Å². The Kier molecular flexibility index (Phi) is 20.2. The van der Waals surface area contributed by atoms with E-state index in [2.05, 4.69) is 6.58 Å². The molecule has 0 unspecified atom stereocenters. The van der Waals surface area contributed by atoms with Crippen molar-refractivity contribution >= 4 is 29.4 Å². The number of aliphatic hydroxyl groups is 2. The molecule has 3 fully saturated rings. The number of hydrogen-bond donors (Lipinski definition) is 2. The van der Waals surface area contributed by atoms with Crippen LogP contribution in [0.15, 0.2) is 36.0 Å². The molecule has 2 N–H and O–H groups in total. The van der Waals surface area contributed by atoms with Gasteiger partial charge in [0.25, 0.3) is 11.7 Å². The first-order chi connectivity index (χ1) is 29.8. The fourth-order valence-electron chi connectivity index (χ4n) is 9.79. The molecule has 63 heavy (non-hydrogen) atoms. The summed E-state index contributed by atoms with van der Waals surface area (Å²) in [6.07, 6.45) is 6.99. The molecule has 0 radical (unpaired) electrons. The second-order valence-electron chi connectivity index (χ2n) is 19.3. The highest BCUT2D eigenvalue weighted by atomic mass is 16.7. The summed E-state index contributed by atoms with van der Waals surface area (Å²) < 4.78 is 35.5. The molecule has 356 valence electrons. The molecule has 0 aromatic rings. The summed E-state index contributed by atoms with van der Waals surface area (Å²) in [4.78, 5) is 70.3. The lowest BCUT2D eigenvalue weighted by Crippen LogP contribution is -2.64. The third-order valence-electron chi connectivity index (χ3n) is 13.5. The number of methoxy groups -OCH3 is 2. The minimum Gasteiger partial charge on any atom is -0.464 e. The molecule has 4 aliphatic rings. The van der Waals surface area contributed by atoms with Crippen molar-refractivity contribution in [3.8, 4) is 0 Å². The molecule has 1 saturated carbocycles. The molecule has 2 saturated heterocycles. The Hall–Kier alpha value is -3.27. The summed E-state index contributed by atoms with van der Waals surface area (Å²) in [5.41, 5.74) is 1.64. The maximum Gasteiger partial charge on any atom is 0.332 e. The Labute approximate surface area is 375 Å². The number of cyclic esters (lactones) is 1. The molecular formula is C49H77NO13. The van der Waals surface area contributed by atoms with E-state index in [1.165, 1.54) is 19.1 Å². The number of piperidine rings is 1. The number of hydrogen-bond acceptors (Lipinski definition) is 13. The Morgan fingerprint density at radius 2 is 1.67 bits per heavy atom. The van der Waals surface area contributed by atoms with Crippen LogP contribution < -0.4 is 0 Å². The molecule has 3 heterocycles. The summed E-state index contributed by atoms with van der Waals surface area (Å²) >= 11 is 0. The summed E-state index contributed by atoms with van der Waals surface area (Å²) in [5, 5.41) is 23.9. The number of rotatable bonds is 11. The number of amides is 1. The topological polar surface area (TPSA) is 184 Å². The van der Waals surface area contributed by atoms with E-state index in [0.29, 0.717) is 57.1 Å². The van der Waals surface area contributed by atoms with Crippen LogP contribution >= 0.6 is 0 Å². The number of nitrogens with zero attached hydrogens (tertiary/aromatic N) is 1. The summed E-state index contributed by atoms with van der Waals surface area (Å²) in [6.45, 7) is 17.4. The zero-order valence-corrected chi connectivity index (χ0v) is 39.4. The monoisotopic (exact) mass is 888 g/mol. The number of ketones is 2. The van der Waals surface area contributed by atoms with Crippen molar-refractivity contribution in [1.29, 1.82) is 0 Å². The van der Waals surface area contributed by atoms with Crippen LogP contribution in [0.3, 0.4) is 0 Å². The van der Waals surface area contributed by atoms with Crippen LogP contribution in [0, 0.1) is 35.5 Å². The molecule has 0 spiro atoms. The lowest BCUT2D eigenvalue weighted by Gasteiger charge is -2.47. The molecule has 0 aromatic carbocycles. The van der Waals surface area contributed by atoms with Gasteiger partial charge >= 0.3 is 11.9 Å². The molecule has 14 heteroatoms. The van der Waals surface area contributed by atoms with Crippen molar-refractivity contribution < 1.29 is 62.6 Å². The van der Waals surface area contributed by atoms with Gasteiger partial charge in [0.15, 0.2) is 0 Å². The van der Waals surface area contributed by atoms with Gasteiger partial charge in [0, 0.05) is 44.9 Å². The van der Waals surface area contributed by atoms with Crippen LogP contribution in [0.5, 0.6) is 0 Å². The van der Waals surface area contributed by atoms with Crippen molar-refractivity contribution in [1.82, 2.24) is 4.90 Å². The standard InChI is InChI=1S/C49H77NO13/c1-11-14-36-22-30(4)21-31(5)23-41(58-9)45-42(59-10)25-33(7)49(57,63-45)46(54)47(55)50-20-13-12-15-38(50)48(56)62-44(34(8)39(51)26-40(36)52)32(6)24-35-16-18-37(19-17-35)60-28-43(53)61-27-29(2)3/h11,22,24,29,31,33-39,41-42,44-45,51,57H,1,12-21,23,25-28H2,2-10H3/b30-22+,32-24+/t31-,33+,34+,35?,36+,37?,38-,39-,41-,42-,44+,45+,49+/m0/s1. The lowest BCUT2D eigenvalue weighted by molar-refractivity contribution is -0.302. The minimum absolute atomic E-state index is 0.00464. The number of allylic oxidation sites excluding steroid dienone is 4. The van der Waals surface area contributed by atoms with E-state index in [1.807, 2.05) is 46.8 Å². The van der Waals surface area contributed by atoms with E-state index in [0.717, 1.165) is 18.4 Å². The number of esters is 2. The molecule has 1 aliphatic carbocycles. The fraction of sp³-hybridized carbons (Fsp3) is 0.776. The van der Waals surface area contributed by atoms with Gasteiger partial charge in [-0.2, -0.15) is 0 Å². The Morgan fingerprint density at radius 1 is 1.00 bits per heavy atom. The molecule has 2 bridgehead atoms. The normalized spacial score (nSPS) is 37.0. The van der Waals surface area contributed by atoms with E-state index >= 15 is 0 Å². The van der Waals surface area contributed by atoms with Crippen molar-refractivity contribution in [2.24, 2.45) is 35.5 Å². The second kappa shape index (κ2) is 24.3. The van der Waals surface area contributed by atoms with Crippen LogP contribution in [-0.4, -0.2) is 127 Å². The van der Waals surface area contributed by atoms with E-state index in [4.69, 9.17) is 28.4 Å². The molecule has 0 aromatic heterocycles. The SMILES string of the molecule is C=CC[C@@H]1/C=C(\C)C[C@H](C)C[C@H](OC)[C@H]2O[C@@](O)(C(=O)C(=O)N3CCCC[C@H]3C(=O)O[C@H](/C(C)=C/C3CCC(OCC(=O)OCC(C)C)CC3)[C@H](C)[C@@H](O)CC1=O)[C@H](C)C[C@@H]2OC. The van der Waals surface area contributed by atoms with Crippen LogP contribution in [0.25, 0.3) is 0 Å².